The van der Waals surface area contributed by atoms with Gasteiger partial charge in [0.15, 0.2) is 5.84 Å². The molecule has 5 N–H and O–H groups in total. The van der Waals surface area contributed by atoms with Gasteiger partial charge in [0.05, 0.1) is 12.1 Å². The summed E-state index contributed by atoms with van der Waals surface area (Å²) >= 11 is 0. The highest BCUT2D eigenvalue weighted by Gasteiger charge is 2.13. The molecular formula is C12H19N3O2. The second kappa shape index (κ2) is 6.88. The first-order chi connectivity index (χ1) is 8.19. The average Bonchev–Trinajstić information content (AvgIpc) is 2.39. The molecule has 0 aliphatic rings. The number of aliphatic hydroxyl groups is 1. The van der Waals surface area contributed by atoms with Crippen LogP contribution in [0.5, 0.6) is 0 Å². The number of benzene rings is 1. The summed E-state index contributed by atoms with van der Waals surface area (Å²) in [5, 5.41) is 24.5. The number of amidine groups is 1. The van der Waals surface area contributed by atoms with Crippen molar-refractivity contribution in [1.82, 2.24) is 5.32 Å². The first-order valence-electron chi connectivity index (χ1n) is 5.62. The zero-order valence-corrected chi connectivity index (χ0v) is 9.87. The Bertz CT molecular complexity index is 354. The molecule has 1 rings (SSSR count). The lowest BCUT2D eigenvalue weighted by molar-refractivity contribution is 0.172. The fourth-order valence-electron chi connectivity index (χ4n) is 1.57. The predicted octanol–water partition coefficient (Wildman–Crippen LogP) is 0.835. The Kier molecular flexibility index (Phi) is 5.45. The molecule has 2 atom stereocenters. The second-order valence-electron chi connectivity index (χ2n) is 3.82. The maximum absolute atomic E-state index is 9.91. The van der Waals surface area contributed by atoms with Crippen molar-refractivity contribution in [2.75, 3.05) is 6.54 Å². The van der Waals surface area contributed by atoms with E-state index in [1.54, 1.807) is 0 Å². The fraction of sp³-hybridized carbons (Fsp3) is 0.417. The number of aliphatic hydroxyl groups excluding tert-OH is 1. The SMILES string of the molecule is CCC(NCC(O)c1ccccc1)/C(N)=N/O. The topological polar surface area (TPSA) is 90.9 Å². The monoisotopic (exact) mass is 237 g/mol. The van der Waals surface area contributed by atoms with Crippen LogP contribution in [0.25, 0.3) is 0 Å². The van der Waals surface area contributed by atoms with Gasteiger partial charge in [-0.15, -0.1) is 0 Å². The van der Waals surface area contributed by atoms with Crippen molar-refractivity contribution in [2.24, 2.45) is 10.9 Å². The Balaban J connectivity index is 2.50. The van der Waals surface area contributed by atoms with Crippen LogP contribution in [0.1, 0.15) is 25.0 Å². The zero-order valence-electron chi connectivity index (χ0n) is 9.87. The molecule has 0 fully saturated rings. The average molecular weight is 237 g/mol. The van der Waals surface area contributed by atoms with Crippen LogP contribution in [0.2, 0.25) is 0 Å². The lowest BCUT2D eigenvalue weighted by atomic mass is 10.1. The van der Waals surface area contributed by atoms with E-state index in [0.717, 1.165) is 5.56 Å². The van der Waals surface area contributed by atoms with Gasteiger partial charge in [-0.3, -0.25) is 0 Å². The largest absolute Gasteiger partial charge is 0.409 e. The first-order valence-corrected chi connectivity index (χ1v) is 5.62. The highest BCUT2D eigenvalue weighted by atomic mass is 16.4. The van der Waals surface area contributed by atoms with Crippen molar-refractivity contribution in [3.63, 3.8) is 0 Å². The first kappa shape index (κ1) is 13.5. The molecule has 94 valence electrons. The van der Waals surface area contributed by atoms with E-state index in [2.05, 4.69) is 10.5 Å². The lowest BCUT2D eigenvalue weighted by Crippen LogP contribution is -2.42. The van der Waals surface area contributed by atoms with E-state index in [-0.39, 0.29) is 11.9 Å². The van der Waals surface area contributed by atoms with Gasteiger partial charge in [-0.05, 0) is 12.0 Å². The van der Waals surface area contributed by atoms with Crippen LogP contribution < -0.4 is 11.1 Å². The number of hydrogen-bond donors (Lipinski definition) is 4. The predicted molar refractivity (Wildman–Crippen MR) is 66.9 cm³/mol. The molecule has 5 heteroatoms. The van der Waals surface area contributed by atoms with E-state index in [4.69, 9.17) is 10.9 Å². The van der Waals surface area contributed by atoms with E-state index < -0.39 is 6.10 Å². The maximum Gasteiger partial charge on any atom is 0.156 e. The van der Waals surface area contributed by atoms with Crippen LogP contribution >= 0.6 is 0 Å². The summed E-state index contributed by atoms with van der Waals surface area (Å²) < 4.78 is 0. The molecule has 0 aliphatic carbocycles. The Hall–Kier alpha value is -1.59. The molecule has 2 unspecified atom stereocenters. The number of rotatable bonds is 6. The third-order valence-corrected chi connectivity index (χ3v) is 2.62. The van der Waals surface area contributed by atoms with Crippen molar-refractivity contribution in [1.29, 1.82) is 0 Å². The molecule has 0 amide bonds. The van der Waals surface area contributed by atoms with Crippen molar-refractivity contribution >= 4 is 5.84 Å². The van der Waals surface area contributed by atoms with Gasteiger partial charge >= 0.3 is 0 Å². The number of nitrogens with one attached hydrogen (secondary N) is 1. The molecule has 0 radical (unpaired) electrons. The van der Waals surface area contributed by atoms with Gasteiger partial charge in [0, 0.05) is 6.54 Å². The summed E-state index contributed by atoms with van der Waals surface area (Å²) in [5.41, 5.74) is 6.35. The van der Waals surface area contributed by atoms with Crippen LogP contribution in [0.15, 0.2) is 35.5 Å². The van der Waals surface area contributed by atoms with Gasteiger partial charge in [0.1, 0.15) is 0 Å². The molecule has 0 bridgehead atoms. The van der Waals surface area contributed by atoms with Crippen LogP contribution in [0.4, 0.5) is 0 Å². The van der Waals surface area contributed by atoms with Crippen LogP contribution in [0.3, 0.4) is 0 Å². The third kappa shape index (κ3) is 4.05. The third-order valence-electron chi connectivity index (χ3n) is 2.62. The van der Waals surface area contributed by atoms with E-state index >= 15 is 0 Å². The molecule has 17 heavy (non-hydrogen) atoms. The molecule has 0 saturated carbocycles. The van der Waals surface area contributed by atoms with Crippen molar-refractivity contribution in [3.8, 4) is 0 Å². The molecular weight excluding hydrogens is 218 g/mol. The van der Waals surface area contributed by atoms with Gasteiger partial charge in [-0.1, -0.05) is 42.4 Å². The summed E-state index contributed by atoms with van der Waals surface area (Å²) in [6.07, 6.45) is 0.0916. The minimum Gasteiger partial charge on any atom is -0.409 e. The second-order valence-corrected chi connectivity index (χ2v) is 3.82. The van der Waals surface area contributed by atoms with E-state index in [1.165, 1.54) is 0 Å². The van der Waals surface area contributed by atoms with Crippen molar-refractivity contribution in [3.05, 3.63) is 35.9 Å². The minimum atomic E-state index is -0.600. The smallest absolute Gasteiger partial charge is 0.156 e. The summed E-state index contributed by atoms with van der Waals surface area (Å²) in [5.74, 6) is 0.132. The molecule has 1 aromatic rings. The normalized spacial score (nSPS) is 15.5. The Morgan fingerprint density at radius 2 is 2.06 bits per heavy atom. The summed E-state index contributed by atoms with van der Waals surface area (Å²) in [4.78, 5) is 0. The van der Waals surface area contributed by atoms with Crippen LogP contribution in [-0.2, 0) is 0 Å². The Morgan fingerprint density at radius 1 is 1.41 bits per heavy atom. The van der Waals surface area contributed by atoms with Crippen molar-refractivity contribution in [2.45, 2.75) is 25.5 Å². The Labute approximate surface area is 101 Å². The quantitative estimate of drug-likeness (QED) is 0.255. The van der Waals surface area contributed by atoms with Gasteiger partial charge in [-0.25, -0.2) is 0 Å². The zero-order chi connectivity index (χ0) is 12.7. The number of oxime groups is 1. The van der Waals surface area contributed by atoms with Gasteiger partial charge in [0.2, 0.25) is 0 Å². The molecule has 0 spiro atoms. The van der Waals surface area contributed by atoms with Crippen LogP contribution in [-0.4, -0.2) is 28.7 Å². The van der Waals surface area contributed by atoms with Crippen LogP contribution in [0, 0.1) is 0 Å². The number of hydrogen-bond acceptors (Lipinski definition) is 4. The molecule has 5 nitrogen and oxygen atoms in total. The summed E-state index contributed by atoms with van der Waals surface area (Å²) in [7, 11) is 0. The van der Waals surface area contributed by atoms with E-state index in [1.807, 2.05) is 37.3 Å². The van der Waals surface area contributed by atoms with E-state index in [9.17, 15) is 5.11 Å². The maximum atomic E-state index is 9.91. The fourth-order valence-corrected chi connectivity index (χ4v) is 1.57. The van der Waals surface area contributed by atoms with E-state index in [0.29, 0.717) is 13.0 Å². The molecule has 0 aliphatic heterocycles. The molecule has 1 aromatic carbocycles. The number of nitrogens with two attached hydrogens (primary N) is 1. The Morgan fingerprint density at radius 3 is 2.59 bits per heavy atom. The standard InChI is InChI=1S/C12H19N3O2/c1-2-10(12(13)15-17)14-8-11(16)9-6-4-3-5-7-9/h3-7,10-11,14,16-17H,2,8H2,1H3,(H2,13,15). The highest BCUT2D eigenvalue weighted by Crippen LogP contribution is 2.10. The summed E-state index contributed by atoms with van der Waals surface area (Å²) in [6, 6.07) is 9.14. The molecule has 0 aromatic heterocycles. The highest BCUT2D eigenvalue weighted by molar-refractivity contribution is 5.85. The summed E-state index contributed by atoms with van der Waals surface area (Å²) in [6.45, 7) is 2.28. The molecule has 0 heterocycles. The minimum absolute atomic E-state index is 0.132. The van der Waals surface area contributed by atoms with Gasteiger partial charge in [-0.2, -0.15) is 0 Å². The van der Waals surface area contributed by atoms with Crippen molar-refractivity contribution < 1.29 is 10.3 Å². The van der Waals surface area contributed by atoms with Gasteiger partial charge in [0.25, 0.3) is 0 Å². The number of nitrogens with zero attached hydrogens (tertiary/aromatic N) is 1. The molecule has 0 saturated heterocycles. The lowest BCUT2D eigenvalue weighted by Gasteiger charge is -2.18. The van der Waals surface area contributed by atoms with Gasteiger partial charge < -0.3 is 21.4 Å².